The smallest absolute Gasteiger partial charge is 0.225 e. The van der Waals surface area contributed by atoms with Crippen LogP contribution in [0.1, 0.15) is 40.5 Å². The van der Waals surface area contributed by atoms with E-state index in [1.54, 1.807) is 18.5 Å². The molecule has 0 saturated carbocycles. The molecule has 1 aromatic heterocycles. The van der Waals surface area contributed by atoms with E-state index < -0.39 is 0 Å². The van der Waals surface area contributed by atoms with Crippen LogP contribution in [0.15, 0.2) is 45.3 Å². The second kappa shape index (κ2) is 13.2. The number of hydrogen-bond donors (Lipinski definition) is 0. The van der Waals surface area contributed by atoms with Crippen molar-refractivity contribution in [1.29, 1.82) is 0 Å². The van der Waals surface area contributed by atoms with Crippen LogP contribution in [0, 0.1) is 0 Å². The van der Waals surface area contributed by atoms with Crippen LogP contribution in [0.5, 0.6) is 0 Å². The molecular weight excluding hydrogens is 325 g/mol. The fourth-order valence-electron chi connectivity index (χ4n) is 0.797. The van der Waals surface area contributed by atoms with Gasteiger partial charge in [-0.15, -0.1) is 0 Å². The third-order valence-electron chi connectivity index (χ3n) is 1.39. The van der Waals surface area contributed by atoms with E-state index >= 15 is 0 Å². The van der Waals surface area contributed by atoms with E-state index in [2.05, 4.69) is 34.2 Å². The number of hydrogen-bond acceptors (Lipinski definition) is 2. The molecule has 2 nitrogen and oxygen atoms in total. The summed E-state index contributed by atoms with van der Waals surface area (Å²) in [7, 11) is 0. The SMILES string of the molecule is C=C/C(=C\C=C(/C)I)c1ncco1.CC.CC. The molecule has 0 unspecified atom stereocenters. The molecule has 3 heteroatoms. The van der Waals surface area contributed by atoms with Crippen LogP contribution in [-0.4, -0.2) is 4.98 Å². The van der Waals surface area contributed by atoms with Crippen molar-refractivity contribution < 1.29 is 4.42 Å². The van der Waals surface area contributed by atoms with Crippen molar-refractivity contribution in [1.82, 2.24) is 4.98 Å². The minimum atomic E-state index is 0.601. The molecule has 0 atom stereocenters. The summed E-state index contributed by atoms with van der Waals surface area (Å²) in [5, 5.41) is 0. The maximum atomic E-state index is 5.14. The van der Waals surface area contributed by atoms with Crippen molar-refractivity contribution in [2.45, 2.75) is 34.6 Å². The highest BCUT2D eigenvalue weighted by atomic mass is 127. The summed E-state index contributed by atoms with van der Waals surface area (Å²) in [4.78, 5) is 4.03. The highest BCUT2D eigenvalue weighted by molar-refractivity contribution is 14.1. The normalized spacial score (nSPS) is 10.7. The Morgan fingerprint density at radius 1 is 1.29 bits per heavy atom. The van der Waals surface area contributed by atoms with E-state index in [0.717, 1.165) is 5.57 Å². The minimum Gasteiger partial charge on any atom is -0.445 e. The first kappa shape index (κ1) is 18.5. The molecule has 0 aliphatic heterocycles. The molecule has 0 spiro atoms. The van der Waals surface area contributed by atoms with E-state index in [4.69, 9.17) is 4.42 Å². The average Bonchev–Trinajstić information content (AvgIpc) is 2.89. The first-order valence-electron chi connectivity index (χ1n) is 5.80. The lowest BCUT2D eigenvalue weighted by atomic mass is 10.2. The summed E-state index contributed by atoms with van der Waals surface area (Å²) < 4.78 is 6.33. The maximum Gasteiger partial charge on any atom is 0.225 e. The van der Waals surface area contributed by atoms with E-state index in [1.807, 2.05) is 46.8 Å². The Hall–Kier alpha value is -0.840. The van der Waals surface area contributed by atoms with E-state index in [-0.39, 0.29) is 0 Å². The molecule has 0 aliphatic rings. The Morgan fingerprint density at radius 3 is 2.24 bits per heavy atom. The summed E-state index contributed by atoms with van der Waals surface area (Å²) in [6.45, 7) is 13.7. The first-order valence-corrected chi connectivity index (χ1v) is 6.88. The number of oxazole rings is 1. The van der Waals surface area contributed by atoms with Crippen molar-refractivity contribution in [3.05, 3.63) is 46.7 Å². The average molecular weight is 347 g/mol. The zero-order valence-electron chi connectivity index (χ0n) is 11.3. The van der Waals surface area contributed by atoms with Gasteiger partial charge < -0.3 is 4.42 Å². The van der Waals surface area contributed by atoms with Gasteiger partial charge in [-0.25, -0.2) is 4.98 Å². The zero-order valence-corrected chi connectivity index (χ0v) is 13.5. The molecule has 0 saturated heterocycles. The molecule has 0 aromatic carbocycles. The molecule has 17 heavy (non-hydrogen) atoms. The topological polar surface area (TPSA) is 26.0 Å². The van der Waals surface area contributed by atoms with E-state index in [0.29, 0.717) is 5.89 Å². The summed E-state index contributed by atoms with van der Waals surface area (Å²) >= 11 is 2.24. The number of aromatic nitrogens is 1. The third kappa shape index (κ3) is 8.92. The monoisotopic (exact) mass is 347 g/mol. The third-order valence-corrected chi connectivity index (χ3v) is 1.75. The lowest BCUT2D eigenvalue weighted by molar-refractivity contribution is 0.543. The van der Waals surface area contributed by atoms with Gasteiger partial charge in [0.15, 0.2) is 0 Å². The maximum absolute atomic E-state index is 5.14. The molecule has 0 amide bonds. The number of allylic oxidation sites excluding steroid dienone is 5. The Morgan fingerprint density at radius 2 is 1.88 bits per heavy atom. The van der Waals surface area contributed by atoms with Crippen LogP contribution in [0.3, 0.4) is 0 Å². The fraction of sp³-hybridized carbons (Fsp3) is 0.357. The summed E-state index contributed by atoms with van der Waals surface area (Å²) in [6.07, 6.45) is 8.81. The second-order valence-electron chi connectivity index (χ2n) is 2.42. The molecule has 1 rings (SSSR count). The molecule has 1 aromatic rings. The number of nitrogens with zero attached hydrogens (tertiary/aromatic N) is 1. The Labute approximate surface area is 119 Å². The molecule has 0 radical (unpaired) electrons. The zero-order chi connectivity index (χ0) is 13.7. The molecule has 1 heterocycles. The molecular formula is C14H22INO. The van der Waals surface area contributed by atoms with Crippen molar-refractivity contribution >= 4 is 28.2 Å². The molecule has 0 fully saturated rings. The predicted molar refractivity (Wildman–Crippen MR) is 85.2 cm³/mol. The van der Waals surface area contributed by atoms with Gasteiger partial charge in [-0.05, 0) is 39.2 Å². The lowest BCUT2D eigenvalue weighted by Crippen LogP contribution is -1.78. The summed E-state index contributed by atoms with van der Waals surface area (Å²) in [5.74, 6) is 0.601. The Kier molecular flexibility index (Phi) is 14.4. The van der Waals surface area contributed by atoms with Crippen LogP contribution in [0.2, 0.25) is 0 Å². The van der Waals surface area contributed by atoms with Gasteiger partial charge in [-0.2, -0.15) is 0 Å². The van der Waals surface area contributed by atoms with Gasteiger partial charge in [-0.3, -0.25) is 0 Å². The highest BCUT2D eigenvalue weighted by Gasteiger charge is 1.99. The highest BCUT2D eigenvalue weighted by Crippen LogP contribution is 2.14. The van der Waals surface area contributed by atoms with Crippen molar-refractivity contribution in [3.8, 4) is 0 Å². The van der Waals surface area contributed by atoms with Gasteiger partial charge in [-0.1, -0.05) is 46.4 Å². The van der Waals surface area contributed by atoms with E-state index in [1.165, 1.54) is 3.58 Å². The van der Waals surface area contributed by atoms with Crippen LogP contribution in [0.4, 0.5) is 0 Å². The van der Waals surface area contributed by atoms with Gasteiger partial charge in [0, 0.05) is 5.57 Å². The molecule has 0 aliphatic carbocycles. The largest absolute Gasteiger partial charge is 0.445 e. The molecule has 96 valence electrons. The van der Waals surface area contributed by atoms with E-state index in [9.17, 15) is 0 Å². The van der Waals surface area contributed by atoms with Gasteiger partial charge >= 0.3 is 0 Å². The number of halogens is 1. The van der Waals surface area contributed by atoms with Gasteiger partial charge in [0.05, 0.1) is 6.20 Å². The van der Waals surface area contributed by atoms with Crippen LogP contribution < -0.4 is 0 Å². The summed E-state index contributed by atoms with van der Waals surface area (Å²) in [6, 6.07) is 0. The quantitative estimate of drug-likeness (QED) is 0.523. The van der Waals surface area contributed by atoms with Crippen LogP contribution in [-0.2, 0) is 0 Å². The van der Waals surface area contributed by atoms with Crippen LogP contribution in [0.25, 0.3) is 5.57 Å². The second-order valence-corrected chi connectivity index (χ2v) is 4.12. The summed E-state index contributed by atoms with van der Waals surface area (Å²) in [5.41, 5.74) is 0.890. The predicted octanol–water partition coefficient (Wildman–Crippen LogP) is 5.64. The van der Waals surface area contributed by atoms with Gasteiger partial charge in [0.25, 0.3) is 0 Å². The minimum absolute atomic E-state index is 0.601. The lowest BCUT2D eigenvalue weighted by Gasteiger charge is -1.92. The van der Waals surface area contributed by atoms with Crippen LogP contribution >= 0.6 is 22.6 Å². The van der Waals surface area contributed by atoms with Crippen molar-refractivity contribution in [3.63, 3.8) is 0 Å². The Balaban J connectivity index is 0. The standard InChI is InChI=1S/C10H10INO.2C2H6/c1-3-9(5-4-8(2)11)10-12-6-7-13-10;2*1-2/h3-7H,1H2,2H3;2*1-2H3/b8-4+,9-5+;;. The Bertz CT molecular complexity index is 333. The first-order chi connectivity index (χ1) is 8.24. The van der Waals surface area contributed by atoms with Crippen molar-refractivity contribution in [2.24, 2.45) is 0 Å². The van der Waals surface area contributed by atoms with Gasteiger partial charge in [0.1, 0.15) is 6.26 Å². The number of rotatable bonds is 3. The van der Waals surface area contributed by atoms with Gasteiger partial charge in [0.2, 0.25) is 5.89 Å². The molecule has 0 bridgehead atoms. The fourth-order valence-corrected chi connectivity index (χ4v) is 0.977. The van der Waals surface area contributed by atoms with Crippen molar-refractivity contribution in [2.75, 3.05) is 0 Å². The molecule has 0 N–H and O–H groups in total.